The molecule has 1 aliphatic carbocycles. The maximum Gasteiger partial charge on any atom is 0.342 e. The average molecular weight is 298 g/mol. The molecule has 0 aliphatic heterocycles. The molecule has 21 heavy (non-hydrogen) atoms. The summed E-state index contributed by atoms with van der Waals surface area (Å²) >= 11 is 0. The monoisotopic (exact) mass is 298 g/mol. The number of nitrogens with one attached hydrogen (secondary N) is 1. The van der Waals surface area contributed by atoms with Gasteiger partial charge < -0.3 is 15.5 Å². The zero-order chi connectivity index (χ0) is 15.6. The van der Waals surface area contributed by atoms with Gasteiger partial charge in [-0.2, -0.15) is 0 Å². The minimum absolute atomic E-state index is 0.0325. The Bertz CT molecular complexity index is 586. The van der Waals surface area contributed by atoms with Crippen molar-refractivity contribution >= 4 is 17.3 Å². The normalized spacial score (nSPS) is 15.5. The molecule has 0 aromatic heterocycles. The molecule has 3 N–H and O–H groups in total. The van der Waals surface area contributed by atoms with Crippen LogP contribution in [0.5, 0.6) is 0 Å². The minimum Gasteiger partial charge on any atom is -0.477 e. The van der Waals surface area contributed by atoms with E-state index >= 15 is 0 Å². The Balaban J connectivity index is 2.22. The van der Waals surface area contributed by atoms with Gasteiger partial charge in [-0.05, 0) is 30.7 Å². The fourth-order valence-electron chi connectivity index (χ4n) is 2.23. The number of carboxylic acids is 1. The van der Waals surface area contributed by atoms with Crippen LogP contribution in [0, 0.1) is 21.3 Å². The number of nitrogens with zero attached hydrogens (tertiary/aromatic N) is 1. The number of aromatic carboxylic acids is 1. The van der Waals surface area contributed by atoms with Crippen molar-refractivity contribution in [1.29, 1.82) is 0 Å². The number of carbonyl (C=O) groups is 1. The van der Waals surface area contributed by atoms with Crippen LogP contribution in [-0.2, 0) is 0 Å². The van der Waals surface area contributed by atoms with E-state index in [1.54, 1.807) is 0 Å². The van der Waals surface area contributed by atoms with E-state index in [9.17, 15) is 19.3 Å². The molecular weight excluding hydrogens is 283 g/mol. The van der Waals surface area contributed by atoms with Crippen LogP contribution in [0.25, 0.3) is 0 Å². The fraction of sp³-hybridized carbons (Fsp3) is 0.462. The molecule has 0 heterocycles. The van der Waals surface area contributed by atoms with Crippen molar-refractivity contribution < 1.29 is 24.3 Å². The first-order chi connectivity index (χ1) is 9.88. The molecule has 2 rings (SSSR count). The maximum atomic E-state index is 13.8. The van der Waals surface area contributed by atoms with Crippen molar-refractivity contribution in [2.24, 2.45) is 5.41 Å². The first kappa shape index (κ1) is 15.2. The van der Waals surface area contributed by atoms with E-state index < -0.39 is 28.0 Å². The lowest BCUT2D eigenvalue weighted by atomic mass is 10.0. The molecule has 1 aromatic rings. The number of nitro benzene ring substituents is 1. The highest BCUT2D eigenvalue weighted by Gasteiger charge is 2.41. The van der Waals surface area contributed by atoms with Gasteiger partial charge in [0.15, 0.2) is 5.82 Å². The second-order valence-electron chi connectivity index (χ2n) is 5.24. The summed E-state index contributed by atoms with van der Waals surface area (Å²) in [6.07, 6.45) is 2.39. The van der Waals surface area contributed by atoms with E-state index in [0.717, 1.165) is 18.9 Å². The number of nitro groups is 1. The van der Waals surface area contributed by atoms with Gasteiger partial charge >= 0.3 is 5.97 Å². The molecule has 7 nitrogen and oxygen atoms in total. The van der Waals surface area contributed by atoms with Gasteiger partial charge in [0.1, 0.15) is 5.56 Å². The first-order valence-electron chi connectivity index (χ1n) is 6.44. The van der Waals surface area contributed by atoms with Crippen molar-refractivity contribution in [3.05, 3.63) is 33.6 Å². The van der Waals surface area contributed by atoms with Gasteiger partial charge in [-0.3, -0.25) is 10.1 Å². The molecule has 8 heteroatoms. The lowest BCUT2D eigenvalue weighted by Gasteiger charge is -2.16. The number of carboxylic acid groups (broad SMARTS) is 1. The Kier molecular flexibility index (Phi) is 4.08. The number of hydrogen-bond acceptors (Lipinski definition) is 5. The van der Waals surface area contributed by atoms with Gasteiger partial charge in [0.25, 0.3) is 5.69 Å². The van der Waals surface area contributed by atoms with E-state index in [-0.39, 0.29) is 17.7 Å². The van der Waals surface area contributed by atoms with Gasteiger partial charge in [0.2, 0.25) is 0 Å². The Labute approximate surface area is 119 Å². The zero-order valence-electron chi connectivity index (χ0n) is 11.1. The Morgan fingerprint density at radius 2 is 2.14 bits per heavy atom. The second kappa shape index (κ2) is 5.65. The third kappa shape index (κ3) is 3.27. The van der Waals surface area contributed by atoms with E-state index in [0.29, 0.717) is 19.0 Å². The van der Waals surface area contributed by atoms with E-state index in [1.165, 1.54) is 0 Å². The van der Waals surface area contributed by atoms with Gasteiger partial charge in [-0.15, -0.1) is 0 Å². The molecule has 0 atom stereocenters. The summed E-state index contributed by atoms with van der Waals surface area (Å²) in [6.45, 7) is 0.423. The zero-order valence-corrected chi connectivity index (χ0v) is 11.1. The maximum absolute atomic E-state index is 13.8. The highest BCUT2D eigenvalue weighted by atomic mass is 19.1. The molecule has 1 aromatic carbocycles. The summed E-state index contributed by atoms with van der Waals surface area (Å²) < 4.78 is 13.8. The molecule has 114 valence electrons. The van der Waals surface area contributed by atoms with Gasteiger partial charge in [0.05, 0.1) is 16.7 Å². The van der Waals surface area contributed by atoms with Crippen LogP contribution in [-0.4, -0.2) is 34.3 Å². The number of benzene rings is 1. The average Bonchev–Trinajstić information content (AvgIpc) is 3.17. The van der Waals surface area contributed by atoms with Crippen LogP contribution in [0.1, 0.15) is 29.6 Å². The molecule has 1 fully saturated rings. The molecule has 0 unspecified atom stereocenters. The molecule has 0 bridgehead atoms. The largest absolute Gasteiger partial charge is 0.477 e. The lowest BCUT2D eigenvalue weighted by molar-refractivity contribution is -0.385. The first-order valence-corrected chi connectivity index (χ1v) is 6.44. The van der Waals surface area contributed by atoms with Crippen molar-refractivity contribution in [2.45, 2.75) is 19.3 Å². The predicted octanol–water partition coefficient (Wildman–Crippen LogP) is 2.01. The van der Waals surface area contributed by atoms with Crippen LogP contribution in [0.2, 0.25) is 0 Å². The second-order valence-corrected chi connectivity index (χ2v) is 5.24. The van der Waals surface area contributed by atoms with E-state index in [2.05, 4.69) is 5.32 Å². The minimum atomic E-state index is -1.48. The molecule has 0 spiro atoms. The smallest absolute Gasteiger partial charge is 0.342 e. The van der Waals surface area contributed by atoms with Crippen LogP contribution in [0.3, 0.4) is 0 Å². The molecule has 1 saturated carbocycles. The van der Waals surface area contributed by atoms with Crippen molar-refractivity contribution in [3.8, 4) is 0 Å². The third-order valence-corrected chi connectivity index (χ3v) is 3.77. The van der Waals surface area contributed by atoms with Crippen LogP contribution in [0.4, 0.5) is 15.8 Å². The Morgan fingerprint density at radius 1 is 1.48 bits per heavy atom. The predicted molar refractivity (Wildman–Crippen MR) is 71.9 cm³/mol. The number of halogens is 1. The fourth-order valence-corrected chi connectivity index (χ4v) is 2.23. The summed E-state index contributed by atoms with van der Waals surface area (Å²) in [5.74, 6) is -2.35. The summed E-state index contributed by atoms with van der Waals surface area (Å²) in [4.78, 5) is 20.8. The van der Waals surface area contributed by atoms with Gasteiger partial charge in [-0.25, -0.2) is 9.18 Å². The van der Waals surface area contributed by atoms with E-state index in [1.807, 2.05) is 0 Å². The summed E-state index contributed by atoms with van der Waals surface area (Å²) in [6, 6.07) is 1.54. The Hall–Kier alpha value is -2.22. The number of hydrogen-bond donors (Lipinski definition) is 3. The quantitative estimate of drug-likeness (QED) is 0.524. The molecule has 1 aliphatic rings. The Morgan fingerprint density at radius 3 is 2.62 bits per heavy atom. The number of anilines is 1. The molecule has 0 saturated heterocycles. The molecule has 0 amide bonds. The number of rotatable bonds is 7. The van der Waals surface area contributed by atoms with Crippen molar-refractivity contribution in [2.75, 3.05) is 18.5 Å². The van der Waals surface area contributed by atoms with E-state index in [4.69, 9.17) is 10.2 Å². The highest BCUT2D eigenvalue weighted by Crippen LogP contribution is 2.48. The van der Waals surface area contributed by atoms with Crippen molar-refractivity contribution in [1.82, 2.24) is 0 Å². The molecular formula is C13H15FN2O5. The SMILES string of the molecule is O=C(O)c1cc(NCC2(CCO)CC2)c(F)cc1[N+](=O)[O-]. The third-order valence-electron chi connectivity index (χ3n) is 3.77. The summed E-state index contributed by atoms with van der Waals surface area (Å²) in [5.41, 5.74) is -1.51. The standard InChI is InChI=1S/C13H15FN2O5/c14-9-6-11(16(20)21)8(12(18)19)5-10(9)15-7-13(1-2-13)3-4-17/h5-6,15,17H,1-4,7H2,(H,18,19). The van der Waals surface area contributed by atoms with Gasteiger partial charge in [-0.1, -0.05) is 0 Å². The highest BCUT2D eigenvalue weighted by molar-refractivity contribution is 5.93. The van der Waals surface area contributed by atoms with Crippen LogP contribution < -0.4 is 5.32 Å². The molecule has 0 radical (unpaired) electrons. The van der Waals surface area contributed by atoms with Gasteiger partial charge in [0, 0.05) is 13.2 Å². The number of aliphatic hydroxyl groups is 1. The summed E-state index contributed by atoms with van der Waals surface area (Å²) in [7, 11) is 0. The lowest BCUT2D eigenvalue weighted by Crippen LogP contribution is -2.18. The van der Waals surface area contributed by atoms with Crippen molar-refractivity contribution in [3.63, 3.8) is 0 Å². The van der Waals surface area contributed by atoms with Crippen LogP contribution >= 0.6 is 0 Å². The van der Waals surface area contributed by atoms with Crippen LogP contribution in [0.15, 0.2) is 12.1 Å². The topological polar surface area (TPSA) is 113 Å². The number of aliphatic hydroxyl groups excluding tert-OH is 1. The summed E-state index contributed by atoms with van der Waals surface area (Å²) in [5, 5.41) is 31.4.